The Labute approximate surface area is 107 Å². The summed E-state index contributed by atoms with van der Waals surface area (Å²) >= 11 is 0. The monoisotopic (exact) mass is 245 g/mol. The van der Waals surface area contributed by atoms with Crippen LogP contribution < -0.4 is 0 Å². The Kier molecular flexibility index (Phi) is 4.10. The molecule has 0 bridgehead atoms. The predicted molar refractivity (Wildman–Crippen MR) is 70.2 cm³/mol. The maximum absolute atomic E-state index is 10.3. The predicted octanol–water partition coefficient (Wildman–Crippen LogP) is 2.14. The highest BCUT2D eigenvalue weighted by Crippen LogP contribution is 2.21. The van der Waals surface area contributed by atoms with Gasteiger partial charge in [-0.25, -0.2) is 4.98 Å². The number of hydrogen-bond acceptors (Lipinski definition) is 3. The number of aromatic nitrogens is 3. The lowest BCUT2D eigenvalue weighted by molar-refractivity contribution is 0.173. The number of nitrogens with zero attached hydrogens (tertiary/aromatic N) is 3. The molecule has 0 amide bonds. The molecule has 0 saturated carbocycles. The molecule has 1 N–H and O–H groups in total. The first-order valence-corrected chi connectivity index (χ1v) is 6.38. The van der Waals surface area contributed by atoms with Gasteiger partial charge in [0.15, 0.2) is 0 Å². The van der Waals surface area contributed by atoms with Crippen molar-refractivity contribution in [1.82, 2.24) is 14.8 Å². The highest BCUT2D eigenvalue weighted by molar-refractivity contribution is 5.29. The third kappa shape index (κ3) is 2.59. The Bertz CT molecular complexity index is 507. The molecule has 0 aliphatic heterocycles. The molecule has 0 aliphatic carbocycles. The summed E-state index contributed by atoms with van der Waals surface area (Å²) in [7, 11) is 0. The fourth-order valence-electron chi connectivity index (χ4n) is 2.17. The van der Waals surface area contributed by atoms with Crippen molar-refractivity contribution < 1.29 is 5.11 Å². The SMILES string of the molecule is CCc1ccccc1C(O)Cc1ncnn1CC. The van der Waals surface area contributed by atoms with E-state index < -0.39 is 6.10 Å². The molecule has 0 spiro atoms. The summed E-state index contributed by atoms with van der Waals surface area (Å²) in [6, 6.07) is 8.01. The topological polar surface area (TPSA) is 50.9 Å². The lowest BCUT2D eigenvalue weighted by Crippen LogP contribution is -2.10. The second kappa shape index (κ2) is 5.78. The zero-order chi connectivity index (χ0) is 13.0. The molecule has 96 valence electrons. The van der Waals surface area contributed by atoms with Crippen molar-refractivity contribution in [3.8, 4) is 0 Å². The Hall–Kier alpha value is -1.68. The zero-order valence-corrected chi connectivity index (χ0v) is 10.9. The van der Waals surface area contributed by atoms with Gasteiger partial charge in [-0.3, -0.25) is 4.68 Å². The third-order valence-electron chi connectivity index (χ3n) is 3.17. The van der Waals surface area contributed by atoms with Crippen molar-refractivity contribution in [2.24, 2.45) is 0 Å². The van der Waals surface area contributed by atoms with Gasteiger partial charge in [0.25, 0.3) is 0 Å². The molecule has 1 unspecified atom stereocenters. The number of aryl methyl sites for hydroxylation is 2. The molecule has 1 aromatic carbocycles. The molecule has 0 radical (unpaired) electrons. The van der Waals surface area contributed by atoms with Gasteiger partial charge in [-0.15, -0.1) is 0 Å². The van der Waals surface area contributed by atoms with E-state index in [1.165, 1.54) is 11.9 Å². The number of aliphatic hydroxyl groups is 1. The Morgan fingerprint density at radius 3 is 2.78 bits per heavy atom. The third-order valence-corrected chi connectivity index (χ3v) is 3.17. The molecular formula is C14H19N3O. The molecule has 1 aromatic heterocycles. The van der Waals surface area contributed by atoms with Crippen LogP contribution in [-0.2, 0) is 19.4 Å². The van der Waals surface area contributed by atoms with Crippen molar-refractivity contribution in [1.29, 1.82) is 0 Å². The van der Waals surface area contributed by atoms with E-state index in [-0.39, 0.29) is 0 Å². The lowest BCUT2D eigenvalue weighted by atomic mass is 9.98. The van der Waals surface area contributed by atoms with Gasteiger partial charge in [0.05, 0.1) is 6.10 Å². The number of aliphatic hydroxyl groups excluding tert-OH is 1. The average molecular weight is 245 g/mol. The van der Waals surface area contributed by atoms with E-state index in [0.29, 0.717) is 6.42 Å². The normalized spacial score (nSPS) is 12.6. The largest absolute Gasteiger partial charge is 0.388 e. The lowest BCUT2D eigenvalue weighted by Gasteiger charge is -2.14. The Morgan fingerprint density at radius 1 is 1.28 bits per heavy atom. The van der Waals surface area contributed by atoms with Crippen LogP contribution in [0.3, 0.4) is 0 Å². The molecule has 4 heteroatoms. The second-order valence-electron chi connectivity index (χ2n) is 4.26. The van der Waals surface area contributed by atoms with Crippen LogP contribution in [0.15, 0.2) is 30.6 Å². The van der Waals surface area contributed by atoms with Gasteiger partial charge in [0.1, 0.15) is 12.2 Å². The molecule has 2 aromatic rings. The molecular weight excluding hydrogens is 226 g/mol. The van der Waals surface area contributed by atoms with Crippen molar-refractivity contribution >= 4 is 0 Å². The second-order valence-corrected chi connectivity index (χ2v) is 4.26. The fourth-order valence-corrected chi connectivity index (χ4v) is 2.17. The molecule has 4 nitrogen and oxygen atoms in total. The first-order valence-electron chi connectivity index (χ1n) is 6.38. The summed E-state index contributed by atoms with van der Waals surface area (Å²) in [5.41, 5.74) is 2.18. The minimum Gasteiger partial charge on any atom is -0.388 e. The van der Waals surface area contributed by atoms with Crippen LogP contribution in [-0.4, -0.2) is 19.9 Å². The first-order chi connectivity index (χ1) is 8.76. The molecule has 2 rings (SSSR count). The zero-order valence-electron chi connectivity index (χ0n) is 10.9. The average Bonchev–Trinajstić information content (AvgIpc) is 2.85. The maximum atomic E-state index is 10.3. The van der Waals surface area contributed by atoms with Gasteiger partial charge in [-0.2, -0.15) is 5.10 Å². The van der Waals surface area contributed by atoms with E-state index in [2.05, 4.69) is 23.1 Å². The molecule has 0 fully saturated rings. The summed E-state index contributed by atoms with van der Waals surface area (Å²) in [5.74, 6) is 0.830. The quantitative estimate of drug-likeness (QED) is 0.878. The summed E-state index contributed by atoms with van der Waals surface area (Å²) in [6.45, 7) is 4.89. The molecule has 18 heavy (non-hydrogen) atoms. The first kappa shape index (κ1) is 12.8. The van der Waals surface area contributed by atoms with E-state index in [1.807, 2.05) is 29.8 Å². The van der Waals surface area contributed by atoms with Crippen LogP contribution in [0.5, 0.6) is 0 Å². The number of benzene rings is 1. The van der Waals surface area contributed by atoms with E-state index >= 15 is 0 Å². The summed E-state index contributed by atoms with van der Waals surface area (Å²) in [4.78, 5) is 4.20. The van der Waals surface area contributed by atoms with Gasteiger partial charge in [-0.1, -0.05) is 31.2 Å². The van der Waals surface area contributed by atoms with Gasteiger partial charge >= 0.3 is 0 Å². The van der Waals surface area contributed by atoms with E-state index in [0.717, 1.165) is 24.4 Å². The Morgan fingerprint density at radius 2 is 2.06 bits per heavy atom. The van der Waals surface area contributed by atoms with E-state index in [4.69, 9.17) is 0 Å². The highest BCUT2D eigenvalue weighted by Gasteiger charge is 2.14. The number of rotatable bonds is 5. The summed E-state index contributed by atoms with van der Waals surface area (Å²) < 4.78 is 1.82. The van der Waals surface area contributed by atoms with Crippen molar-refractivity contribution in [2.45, 2.75) is 39.3 Å². The van der Waals surface area contributed by atoms with Crippen molar-refractivity contribution in [3.05, 3.63) is 47.5 Å². The number of hydrogen-bond donors (Lipinski definition) is 1. The minimum atomic E-state index is -0.518. The minimum absolute atomic E-state index is 0.505. The van der Waals surface area contributed by atoms with Crippen LogP contribution in [0.2, 0.25) is 0 Å². The molecule has 1 heterocycles. The van der Waals surface area contributed by atoms with Crippen LogP contribution in [0.25, 0.3) is 0 Å². The van der Waals surface area contributed by atoms with Crippen LogP contribution >= 0.6 is 0 Å². The standard InChI is InChI=1S/C14H19N3O/c1-3-11-7-5-6-8-12(11)13(18)9-14-15-10-16-17(14)4-2/h5-8,10,13,18H,3-4,9H2,1-2H3. The highest BCUT2D eigenvalue weighted by atomic mass is 16.3. The van der Waals surface area contributed by atoms with Gasteiger partial charge in [0.2, 0.25) is 0 Å². The fraction of sp³-hybridized carbons (Fsp3) is 0.429. The molecule has 1 atom stereocenters. The molecule has 0 saturated heterocycles. The van der Waals surface area contributed by atoms with Crippen LogP contribution in [0.4, 0.5) is 0 Å². The maximum Gasteiger partial charge on any atom is 0.138 e. The van der Waals surface area contributed by atoms with Gasteiger partial charge in [-0.05, 0) is 24.5 Å². The summed E-state index contributed by atoms with van der Waals surface area (Å²) in [6.07, 6.45) is 2.45. The molecule has 0 aliphatic rings. The smallest absolute Gasteiger partial charge is 0.138 e. The van der Waals surface area contributed by atoms with Crippen molar-refractivity contribution in [2.75, 3.05) is 0 Å². The van der Waals surface area contributed by atoms with Crippen LogP contribution in [0.1, 0.15) is 36.9 Å². The van der Waals surface area contributed by atoms with E-state index in [1.54, 1.807) is 0 Å². The van der Waals surface area contributed by atoms with Gasteiger partial charge in [0, 0.05) is 13.0 Å². The van der Waals surface area contributed by atoms with Crippen molar-refractivity contribution in [3.63, 3.8) is 0 Å². The summed E-state index contributed by atoms with van der Waals surface area (Å²) in [5, 5.41) is 14.5. The van der Waals surface area contributed by atoms with E-state index in [9.17, 15) is 5.11 Å². The van der Waals surface area contributed by atoms with Crippen LogP contribution in [0, 0.1) is 0 Å². The Balaban J connectivity index is 2.19. The van der Waals surface area contributed by atoms with Gasteiger partial charge < -0.3 is 5.11 Å².